The van der Waals surface area contributed by atoms with Gasteiger partial charge in [0.15, 0.2) is 0 Å². The molecule has 1 saturated heterocycles. The molecule has 1 aliphatic heterocycles. The van der Waals surface area contributed by atoms with Crippen LogP contribution in [-0.2, 0) is 6.54 Å². The number of aliphatic hydroxyl groups excluding tert-OH is 1. The van der Waals surface area contributed by atoms with Crippen molar-refractivity contribution < 1.29 is 23.7 Å². The predicted molar refractivity (Wildman–Crippen MR) is 122 cm³/mol. The summed E-state index contributed by atoms with van der Waals surface area (Å²) in [4.78, 5) is 2.10. The summed E-state index contributed by atoms with van der Waals surface area (Å²) in [6.45, 7) is 0.151. The molecule has 0 bridgehead atoms. The van der Waals surface area contributed by atoms with Crippen molar-refractivity contribution in [2.75, 3.05) is 19.7 Å². The fraction of sp³-hybridized carbons (Fsp3) is 0.400. The molecule has 2 atom stereocenters. The maximum absolute atomic E-state index is 13.2. The highest BCUT2D eigenvalue weighted by Gasteiger charge is 2.34. The van der Waals surface area contributed by atoms with Crippen LogP contribution in [0.25, 0.3) is 22.5 Å². The van der Waals surface area contributed by atoms with Gasteiger partial charge in [0, 0.05) is 30.1 Å². The lowest BCUT2D eigenvalue weighted by Gasteiger charge is -2.39. The van der Waals surface area contributed by atoms with E-state index in [1.807, 2.05) is 42.5 Å². The van der Waals surface area contributed by atoms with Crippen LogP contribution in [0.3, 0.4) is 0 Å². The Morgan fingerprint density at radius 1 is 1.18 bits per heavy atom. The third-order valence-electron chi connectivity index (χ3n) is 6.34. The second-order valence-electron chi connectivity index (χ2n) is 8.82. The number of aromatic amines is 1. The molecule has 3 aromatic rings. The van der Waals surface area contributed by atoms with Crippen LogP contribution in [-0.4, -0.2) is 57.2 Å². The minimum absolute atomic E-state index is 0.0875. The summed E-state index contributed by atoms with van der Waals surface area (Å²) in [5.41, 5.74) is 2.60. The van der Waals surface area contributed by atoms with Crippen LogP contribution in [0.15, 0.2) is 54.6 Å². The molecule has 33 heavy (non-hydrogen) atoms. The first-order valence-corrected chi connectivity index (χ1v) is 11.1. The van der Waals surface area contributed by atoms with Crippen molar-refractivity contribution in [1.82, 2.24) is 15.1 Å². The normalized spacial score (nSPS) is 18.9. The molecule has 0 amide bonds. The average Bonchev–Trinajstić information content (AvgIpc) is 3.31. The number of aromatic nitrogens is 2. The Bertz CT molecular complexity index is 1060. The van der Waals surface area contributed by atoms with Gasteiger partial charge in [-0.2, -0.15) is 13.9 Å². The number of benzene rings is 2. The lowest BCUT2D eigenvalue weighted by molar-refractivity contribution is -0.0702. The van der Waals surface area contributed by atoms with E-state index in [0.29, 0.717) is 29.9 Å². The Balaban J connectivity index is 1.55. The van der Waals surface area contributed by atoms with Crippen molar-refractivity contribution in [3.8, 4) is 28.3 Å². The summed E-state index contributed by atoms with van der Waals surface area (Å²) >= 11 is 0. The highest BCUT2D eigenvalue weighted by Crippen LogP contribution is 2.33. The van der Waals surface area contributed by atoms with E-state index in [1.54, 1.807) is 19.1 Å². The Kier molecular flexibility index (Phi) is 7.07. The average molecular weight is 458 g/mol. The fourth-order valence-corrected chi connectivity index (χ4v) is 4.36. The van der Waals surface area contributed by atoms with Gasteiger partial charge < -0.3 is 14.9 Å². The lowest BCUT2D eigenvalue weighted by atomic mass is 9.83. The van der Waals surface area contributed by atoms with Crippen molar-refractivity contribution >= 4 is 0 Å². The molecule has 4 rings (SSSR count). The van der Waals surface area contributed by atoms with Crippen LogP contribution < -0.4 is 4.74 Å². The van der Waals surface area contributed by atoms with Gasteiger partial charge in [-0.3, -0.25) is 10.00 Å². The van der Waals surface area contributed by atoms with Crippen molar-refractivity contribution in [2.45, 2.75) is 38.5 Å². The lowest BCUT2D eigenvalue weighted by Crippen LogP contribution is -2.47. The molecule has 0 saturated carbocycles. The number of H-pyrrole nitrogens is 1. The van der Waals surface area contributed by atoms with Gasteiger partial charge in [-0.25, -0.2) is 0 Å². The first-order valence-electron chi connectivity index (χ1n) is 11.1. The van der Waals surface area contributed by atoms with Gasteiger partial charge in [0.2, 0.25) is 0 Å². The summed E-state index contributed by atoms with van der Waals surface area (Å²) in [5.74, 6) is 0.0262. The minimum atomic E-state index is -2.94. The highest BCUT2D eigenvalue weighted by atomic mass is 19.3. The Hall–Kier alpha value is -2.81. The van der Waals surface area contributed by atoms with Gasteiger partial charge in [-0.1, -0.05) is 42.5 Å². The molecule has 8 heteroatoms. The number of piperidine rings is 1. The van der Waals surface area contributed by atoms with Crippen LogP contribution in [0.5, 0.6) is 5.75 Å². The molecule has 0 unspecified atom stereocenters. The second kappa shape index (κ2) is 9.99. The van der Waals surface area contributed by atoms with Gasteiger partial charge >= 0.3 is 6.61 Å². The standard InChI is InChI=1S/C25H29F2N3O3/c1-25(32,16-31)20-8-5-11-30(15-20)14-19-10-9-18(12-23(19)33-24(26)27)22-13-21(28-29-22)17-6-3-2-4-7-17/h2-4,6-7,9-10,12-13,20,24,31-32H,5,8,11,14-16H2,1H3,(H,28,29)/t20-,25+/m0/s1. The van der Waals surface area contributed by atoms with Gasteiger partial charge in [-0.05, 0) is 44.0 Å². The summed E-state index contributed by atoms with van der Waals surface area (Å²) < 4.78 is 31.2. The number of alkyl halides is 2. The highest BCUT2D eigenvalue weighted by molar-refractivity contribution is 5.69. The summed E-state index contributed by atoms with van der Waals surface area (Å²) in [6.07, 6.45) is 1.67. The number of likely N-dealkylation sites (tertiary alicyclic amines) is 1. The Labute approximate surface area is 191 Å². The zero-order valence-corrected chi connectivity index (χ0v) is 18.5. The fourth-order valence-electron chi connectivity index (χ4n) is 4.36. The van der Waals surface area contributed by atoms with E-state index in [-0.39, 0.29) is 18.3 Å². The van der Waals surface area contributed by atoms with E-state index in [0.717, 1.165) is 30.6 Å². The molecule has 3 N–H and O–H groups in total. The number of hydrogen-bond donors (Lipinski definition) is 3. The molecule has 1 aromatic heterocycles. The monoisotopic (exact) mass is 457 g/mol. The smallest absolute Gasteiger partial charge is 0.387 e. The van der Waals surface area contributed by atoms with Gasteiger partial charge in [0.05, 0.1) is 23.6 Å². The maximum atomic E-state index is 13.2. The SMILES string of the molecule is C[C@@](O)(CO)[C@H]1CCCN(Cc2ccc(-c3cc(-c4ccccc4)[nH]n3)cc2OC(F)F)C1. The topological polar surface area (TPSA) is 81.6 Å². The van der Waals surface area contributed by atoms with Crippen LogP contribution in [0.1, 0.15) is 25.3 Å². The van der Waals surface area contributed by atoms with Crippen LogP contribution in [0.4, 0.5) is 8.78 Å². The molecule has 6 nitrogen and oxygen atoms in total. The van der Waals surface area contributed by atoms with Crippen molar-refractivity contribution in [1.29, 1.82) is 0 Å². The van der Waals surface area contributed by atoms with E-state index in [2.05, 4.69) is 15.1 Å². The maximum Gasteiger partial charge on any atom is 0.387 e. The van der Waals surface area contributed by atoms with Crippen molar-refractivity contribution in [3.05, 3.63) is 60.2 Å². The Morgan fingerprint density at radius 3 is 2.70 bits per heavy atom. The van der Waals surface area contributed by atoms with Gasteiger partial charge in [-0.15, -0.1) is 0 Å². The number of aliphatic hydroxyl groups is 2. The number of nitrogens with one attached hydrogen (secondary N) is 1. The summed E-state index contributed by atoms with van der Waals surface area (Å²) in [7, 11) is 0. The molecule has 1 fully saturated rings. The number of halogens is 2. The number of hydrogen-bond acceptors (Lipinski definition) is 5. The summed E-state index contributed by atoms with van der Waals surface area (Å²) in [5, 5.41) is 27.3. The van der Waals surface area contributed by atoms with Crippen molar-refractivity contribution in [2.24, 2.45) is 5.92 Å². The number of ether oxygens (including phenoxy) is 1. The molecule has 0 spiro atoms. The number of nitrogens with zero attached hydrogens (tertiary/aromatic N) is 2. The van der Waals surface area contributed by atoms with E-state index in [4.69, 9.17) is 4.74 Å². The summed E-state index contributed by atoms with van der Waals surface area (Å²) in [6, 6.07) is 16.8. The van der Waals surface area contributed by atoms with E-state index in [1.165, 1.54) is 0 Å². The molecule has 0 aliphatic carbocycles. The molecule has 176 valence electrons. The molecule has 2 aromatic carbocycles. The first kappa shape index (κ1) is 23.4. The third kappa shape index (κ3) is 5.58. The van der Waals surface area contributed by atoms with E-state index < -0.39 is 12.2 Å². The Morgan fingerprint density at radius 2 is 1.97 bits per heavy atom. The number of rotatable bonds is 8. The van der Waals surface area contributed by atoms with Crippen LogP contribution in [0, 0.1) is 5.92 Å². The van der Waals surface area contributed by atoms with Crippen LogP contribution in [0.2, 0.25) is 0 Å². The van der Waals surface area contributed by atoms with Crippen molar-refractivity contribution in [3.63, 3.8) is 0 Å². The van der Waals surface area contributed by atoms with Gasteiger partial charge in [0.25, 0.3) is 0 Å². The largest absolute Gasteiger partial charge is 0.434 e. The second-order valence-corrected chi connectivity index (χ2v) is 8.82. The molecule has 0 radical (unpaired) electrons. The van der Waals surface area contributed by atoms with E-state index in [9.17, 15) is 19.0 Å². The molecule has 1 aliphatic rings. The molecule has 2 heterocycles. The van der Waals surface area contributed by atoms with Crippen LogP contribution >= 0.6 is 0 Å². The zero-order chi connectivity index (χ0) is 23.4. The first-order chi connectivity index (χ1) is 15.9. The van der Waals surface area contributed by atoms with Gasteiger partial charge in [0.1, 0.15) is 5.75 Å². The minimum Gasteiger partial charge on any atom is -0.434 e. The molecular weight excluding hydrogens is 428 g/mol. The quantitative estimate of drug-likeness (QED) is 0.470. The van der Waals surface area contributed by atoms with E-state index >= 15 is 0 Å². The zero-order valence-electron chi connectivity index (χ0n) is 18.5. The molecular formula is C25H29F2N3O3. The predicted octanol–water partition coefficient (Wildman–Crippen LogP) is 4.30. The third-order valence-corrected chi connectivity index (χ3v) is 6.34.